The molecule has 0 aliphatic rings. The normalized spacial score (nSPS) is 13.2. The average molecular weight is 366 g/mol. The largest absolute Gasteiger partial charge is 0.573 e. The first kappa shape index (κ1) is 15.3. The van der Waals surface area contributed by atoms with E-state index >= 15 is 0 Å². The second kappa shape index (κ2) is 6.15. The van der Waals surface area contributed by atoms with E-state index in [9.17, 15) is 13.2 Å². The van der Waals surface area contributed by atoms with E-state index in [1.165, 1.54) is 23.5 Å². The van der Waals surface area contributed by atoms with E-state index in [1.54, 1.807) is 19.2 Å². The highest BCUT2D eigenvalue weighted by Crippen LogP contribution is 2.34. The monoisotopic (exact) mass is 365 g/mol. The molecule has 1 aromatic heterocycles. The molecule has 0 aliphatic heterocycles. The Morgan fingerprint density at radius 3 is 2.60 bits per heavy atom. The molecule has 1 unspecified atom stereocenters. The highest BCUT2D eigenvalue weighted by Gasteiger charge is 2.31. The number of hydrogen-bond acceptors (Lipinski definition) is 3. The summed E-state index contributed by atoms with van der Waals surface area (Å²) in [4.78, 5) is 0.997. The average Bonchev–Trinajstić information content (AvgIpc) is 2.75. The number of rotatable bonds is 4. The molecule has 2 nitrogen and oxygen atoms in total. The van der Waals surface area contributed by atoms with Crippen LogP contribution in [-0.2, 0) is 0 Å². The Morgan fingerprint density at radius 1 is 1.30 bits per heavy atom. The van der Waals surface area contributed by atoms with Crippen LogP contribution in [0, 0.1) is 0 Å². The third-order valence-electron chi connectivity index (χ3n) is 2.62. The van der Waals surface area contributed by atoms with Crippen molar-refractivity contribution in [3.63, 3.8) is 0 Å². The summed E-state index contributed by atoms with van der Waals surface area (Å²) >= 11 is 4.96. The van der Waals surface area contributed by atoms with Gasteiger partial charge in [-0.05, 0) is 52.1 Å². The van der Waals surface area contributed by atoms with Crippen molar-refractivity contribution in [3.05, 3.63) is 50.6 Å². The van der Waals surface area contributed by atoms with Gasteiger partial charge in [-0.2, -0.15) is 0 Å². The van der Waals surface area contributed by atoms with Gasteiger partial charge in [0.25, 0.3) is 0 Å². The number of ether oxygens (including phenoxy) is 1. The van der Waals surface area contributed by atoms with Crippen molar-refractivity contribution in [2.24, 2.45) is 0 Å². The van der Waals surface area contributed by atoms with Gasteiger partial charge in [0.05, 0.1) is 6.04 Å². The van der Waals surface area contributed by atoms with E-state index in [-0.39, 0.29) is 11.8 Å². The van der Waals surface area contributed by atoms with E-state index in [4.69, 9.17) is 0 Å². The molecule has 1 atom stereocenters. The lowest BCUT2D eigenvalue weighted by Crippen LogP contribution is -2.19. The topological polar surface area (TPSA) is 21.3 Å². The van der Waals surface area contributed by atoms with Crippen molar-refractivity contribution < 1.29 is 17.9 Å². The first-order valence-corrected chi connectivity index (χ1v) is 7.34. The number of halogens is 4. The predicted molar refractivity (Wildman–Crippen MR) is 76.0 cm³/mol. The van der Waals surface area contributed by atoms with Gasteiger partial charge in [-0.3, -0.25) is 0 Å². The van der Waals surface area contributed by atoms with Crippen LogP contribution < -0.4 is 10.1 Å². The standard InChI is InChI=1S/C13H11BrF3NOS/c1-18-11(12-10(14)5-6-20-12)8-3-2-4-9(7-8)19-13(15,16)17/h2-7,11,18H,1H3. The molecule has 0 saturated carbocycles. The third kappa shape index (κ3) is 3.74. The molecule has 7 heteroatoms. The minimum absolute atomic E-state index is 0.193. The summed E-state index contributed by atoms with van der Waals surface area (Å²) in [7, 11) is 1.76. The van der Waals surface area contributed by atoms with Gasteiger partial charge in [-0.25, -0.2) is 0 Å². The van der Waals surface area contributed by atoms with Crippen LogP contribution in [0.15, 0.2) is 40.2 Å². The number of nitrogens with one attached hydrogen (secondary N) is 1. The summed E-state index contributed by atoms with van der Waals surface area (Å²) in [5.74, 6) is -0.220. The molecule has 2 aromatic rings. The van der Waals surface area contributed by atoms with Crippen LogP contribution in [0.3, 0.4) is 0 Å². The first-order valence-electron chi connectivity index (χ1n) is 5.66. The van der Waals surface area contributed by atoms with Crippen LogP contribution in [0.1, 0.15) is 16.5 Å². The maximum atomic E-state index is 12.3. The van der Waals surface area contributed by atoms with Crippen molar-refractivity contribution in [3.8, 4) is 5.75 Å². The minimum Gasteiger partial charge on any atom is -0.406 e. The van der Waals surface area contributed by atoms with Gasteiger partial charge in [-0.1, -0.05) is 12.1 Å². The van der Waals surface area contributed by atoms with Crippen molar-refractivity contribution in [2.45, 2.75) is 12.4 Å². The van der Waals surface area contributed by atoms with Crippen LogP contribution in [0.4, 0.5) is 13.2 Å². The van der Waals surface area contributed by atoms with Gasteiger partial charge in [-0.15, -0.1) is 24.5 Å². The fourth-order valence-corrected chi connectivity index (χ4v) is 3.59. The van der Waals surface area contributed by atoms with Crippen LogP contribution in [0.2, 0.25) is 0 Å². The number of benzene rings is 1. The van der Waals surface area contributed by atoms with Gasteiger partial charge in [0.15, 0.2) is 0 Å². The molecule has 0 bridgehead atoms. The van der Waals surface area contributed by atoms with Crippen LogP contribution in [-0.4, -0.2) is 13.4 Å². The molecule has 0 saturated heterocycles. The SMILES string of the molecule is CNC(c1cccc(OC(F)(F)F)c1)c1sccc1Br. The molecule has 2 rings (SSSR count). The summed E-state index contributed by atoms with van der Waals surface area (Å²) in [6.07, 6.45) is -4.68. The molecule has 0 spiro atoms. The number of alkyl halides is 3. The van der Waals surface area contributed by atoms with Crippen molar-refractivity contribution in [1.29, 1.82) is 0 Å². The molecule has 0 fully saturated rings. The number of hydrogen-bond donors (Lipinski definition) is 1. The van der Waals surface area contributed by atoms with E-state index in [0.29, 0.717) is 5.56 Å². The van der Waals surface area contributed by atoms with Crippen molar-refractivity contribution in [2.75, 3.05) is 7.05 Å². The summed E-state index contributed by atoms with van der Waals surface area (Å²) < 4.78 is 41.6. The smallest absolute Gasteiger partial charge is 0.406 e. The van der Waals surface area contributed by atoms with Gasteiger partial charge < -0.3 is 10.1 Å². The summed E-state index contributed by atoms with van der Waals surface area (Å²) in [5, 5.41) is 5.01. The van der Waals surface area contributed by atoms with Crippen molar-refractivity contribution >= 4 is 27.3 Å². The van der Waals surface area contributed by atoms with Gasteiger partial charge >= 0.3 is 6.36 Å². The quantitative estimate of drug-likeness (QED) is 0.846. The van der Waals surface area contributed by atoms with E-state index in [2.05, 4.69) is 26.0 Å². The van der Waals surface area contributed by atoms with Crippen LogP contribution in [0.5, 0.6) is 5.75 Å². The fraction of sp³-hybridized carbons (Fsp3) is 0.231. The molecule has 0 amide bonds. The maximum absolute atomic E-state index is 12.3. The Morgan fingerprint density at radius 2 is 2.05 bits per heavy atom. The third-order valence-corrected chi connectivity index (χ3v) is 4.56. The highest BCUT2D eigenvalue weighted by atomic mass is 79.9. The molecular formula is C13H11BrF3NOS. The molecule has 0 radical (unpaired) electrons. The predicted octanol–water partition coefficient (Wildman–Crippen LogP) is 4.72. The first-order chi connectivity index (χ1) is 9.40. The molecule has 1 aromatic carbocycles. The molecular weight excluding hydrogens is 355 g/mol. The van der Waals surface area contributed by atoms with Gasteiger partial charge in [0.2, 0.25) is 0 Å². The Labute approximate surface area is 126 Å². The molecule has 108 valence electrons. The zero-order valence-electron chi connectivity index (χ0n) is 10.4. The van der Waals surface area contributed by atoms with Gasteiger partial charge in [0, 0.05) is 9.35 Å². The summed E-state index contributed by atoms with van der Waals surface area (Å²) in [5.41, 5.74) is 0.706. The summed E-state index contributed by atoms with van der Waals surface area (Å²) in [6.45, 7) is 0. The zero-order valence-corrected chi connectivity index (χ0v) is 12.8. The number of thiophene rings is 1. The molecule has 0 aliphatic carbocycles. The second-order valence-corrected chi connectivity index (χ2v) is 5.78. The van der Waals surface area contributed by atoms with Crippen LogP contribution >= 0.6 is 27.3 Å². The van der Waals surface area contributed by atoms with E-state index in [1.807, 2.05) is 11.4 Å². The Bertz CT molecular complexity index is 585. The Kier molecular flexibility index (Phi) is 4.72. The Balaban J connectivity index is 2.32. The van der Waals surface area contributed by atoms with E-state index < -0.39 is 6.36 Å². The van der Waals surface area contributed by atoms with Gasteiger partial charge in [0.1, 0.15) is 5.75 Å². The molecule has 1 N–H and O–H groups in total. The molecule has 1 heterocycles. The summed E-state index contributed by atoms with van der Waals surface area (Å²) in [6, 6.07) is 7.69. The fourth-order valence-electron chi connectivity index (χ4n) is 1.85. The second-order valence-electron chi connectivity index (χ2n) is 3.97. The maximum Gasteiger partial charge on any atom is 0.573 e. The minimum atomic E-state index is -4.68. The molecule has 20 heavy (non-hydrogen) atoms. The van der Waals surface area contributed by atoms with E-state index in [0.717, 1.165) is 9.35 Å². The Hall–Kier alpha value is -1.05. The highest BCUT2D eigenvalue weighted by molar-refractivity contribution is 9.10. The lowest BCUT2D eigenvalue weighted by atomic mass is 10.1. The lowest BCUT2D eigenvalue weighted by molar-refractivity contribution is -0.274. The zero-order chi connectivity index (χ0) is 14.8. The lowest BCUT2D eigenvalue weighted by Gasteiger charge is -2.17. The van der Waals surface area contributed by atoms with Crippen LogP contribution in [0.25, 0.3) is 0 Å². The van der Waals surface area contributed by atoms with Crippen molar-refractivity contribution in [1.82, 2.24) is 5.32 Å².